The van der Waals surface area contributed by atoms with Crippen LogP contribution in [0.2, 0.25) is 0 Å². The Kier molecular flexibility index (Phi) is 3.37. The predicted octanol–water partition coefficient (Wildman–Crippen LogP) is 1.93. The van der Waals surface area contributed by atoms with Gasteiger partial charge in [0, 0.05) is 12.6 Å². The molecule has 4 heteroatoms. The highest BCUT2D eigenvalue weighted by molar-refractivity contribution is 5.39. The average molecular weight is 217 g/mol. The number of hydrogen-bond acceptors (Lipinski definition) is 4. The second-order valence-corrected chi connectivity index (χ2v) is 3.91. The standard InChI is InChI=1S/C12H15N3O/c1-2-16-11-6-10(7-11)15-12-5-3-4-9(8-13)14-12/h3-5,10-11H,2,6-7H2,1H3,(H,14,15). The molecule has 84 valence electrons. The Morgan fingerprint density at radius 1 is 1.56 bits per heavy atom. The minimum atomic E-state index is 0.390. The molecule has 1 aromatic rings. The van der Waals surface area contributed by atoms with Gasteiger partial charge in [-0.2, -0.15) is 5.26 Å². The molecule has 1 aliphatic rings. The summed E-state index contributed by atoms with van der Waals surface area (Å²) in [6.45, 7) is 2.79. The van der Waals surface area contributed by atoms with Crippen LogP contribution in [0.5, 0.6) is 0 Å². The van der Waals surface area contributed by atoms with Crippen molar-refractivity contribution in [3.63, 3.8) is 0 Å². The van der Waals surface area contributed by atoms with Crippen LogP contribution in [0.1, 0.15) is 25.5 Å². The Morgan fingerprint density at radius 2 is 2.38 bits per heavy atom. The fourth-order valence-corrected chi connectivity index (χ4v) is 1.84. The van der Waals surface area contributed by atoms with Gasteiger partial charge in [-0.3, -0.25) is 0 Å². The molecular weight excluding hydrogens is 202 g/mol. The van der Waals surface area contributed by atoms with Crippen LogP contribution >= 0.6 is 0 Å². The molecule has 1 fully saturated rings. The molecule has 0 spiro atoms. The Hall–Kier alpha value is -1.60. The van der Waals surface area contributed by atoms with Crippen LogP contribution in [0.4, 0.5) is 5.82 Å². The molecule has 0 amide bonds. The molecule has 1 heterocycles. The summed E-state index contributed by atoms with van der Waals surface area (Å²) in [6, 6.07) is 7.89. The largest absolute Gasteiger partial charge is 0.378 e. The van der Waals surface area contributed by atoms with Crippen molar-refractivity contribution in [1.29, 1.82) is 5.26 Å². The van der Waals surface area contributed by atoms with Crippen LogP contribution in [0, 0.1) is 11.3 Å². The van der Waals surface area contributed by atoms with E-state index in [1.165, 1.54) is 0 Å². The quantitative estimate of drug-likeness (QED) is 0.837. The van der Waals surface area contributed by atoms with E-state index in [0.717, 1.165) is 25.3 Å². The molecule has 0 aliphatic heterocycles. The number of nitriles is 1. The maximum absolute atomic E-state index is 8.72. The molecule has 16 heavy (non-hydrogen) atoms. The molecule has 4 nitrogen and oxygen atoms in total. The lowest BCUT2D eigenvalue weighted by atomic mass is 9.89. The van der Waals surface area contributed by atoms with Gasteiger partial charge in [-0.05, 0) is 31.9 Å². The molecule has 0 radical (unpaired) electrons. The molecule has 1 N–H and O–H groups in total. The van der Waals surface area contributed by atoms with Crippen LogP contribution in [0.15, 0.2) is 18.2 Å². The molecule has 0 bridgehead atoms. The third-order valence-electron chi connectivity index (χ3n) is 2.71. The Bertz CT molecular complexity index is 393. The molecule has 0 unspecified atom stereocenters. The average Bonchev–Trinajstić information content (AvgIpc) is 2.27. The van der Waals surface area contributed by atoms with Crippen LogP contribution in [-0.4, -0.2) is 23.7 Å². The van der Waals surface area contributed by atoms with Gasteiger partial charge >= 0.3 is 0 Å². The highest BCUT2D eigenvalue weighted by Gasteiger charge is 2.29. The van der Waals surface area contributed by atoms with Gasteiger partial charge in [-0.25, -0.2) is 4.98 Å². The first kappa shape index (κ1) is 10.9. The van der Waals surface area contributed by atoms with E-state index in [1.807, 2.05) is 25.1 Å². The fourth-order valence-electron chi connectivity index (χ4n) is 1.84. The first-order chi connectivity index (χ1) is 7.81. The maximum atomic E-state index is 8.72. The smallest absolute Gasteiger partial charge is 0.142 e. The van der Waals surface area contributed by atoms with Gasteiger partial charge in [0.1, 0.15) is 17.6 Å². The summed E-state index contributed by atoms with van der Waals surface area (Å²) in [5.74, 6) is 0.777. The molecule has 1 saturated carbocycles. The summed E-state index contributed by atoms with van der Waals surface area (Å²) >= 11 is 0. The normalized spacial score (nSPS) is 23.2. The molecule has 1 aromatic heterocycles. The van der Waals surface area contributed by atoms with Crippen molar-refractivity contribution in [2.24, 2.45) is 0 Å². The van der Waals surface area contributed by atoms with E-state index < -0.39 is 0 Å². The molecule has 0 atom stereocenters. The van der Waals surface area contributed by atoms with E-state index >= 15 is 0 Å². The van der Waals surface area contributed by atoms with Crippen molar-refractivity contribution in [3.05, 3.63) is 23.9 Å². The maximum Gasteiger partial charge on any atom is 0.142 e. The highest BCUT2D eigenvalue weighted by atomic mass is 16.5. The van der Waals surface area contributed by atoms with E-state index in [2.05, 4.69) is 10.3 Å². The minimum absolute atomic E-state index is 0.390. The number of rotatable bonds is 4. The Labute approximate surface area is 95.3 Å². The zero-order valence-electron chi connectivity index (χ0n) is 9.31. The van der Waals surface area contributed by atoms with Gasteiger partial charge in [0.15, 0.2) is 0 Å². The number of nitrogens with one attached hydrogen (secondary N) is 1. The zero-order valence-corrected chi connectivity index (χ0v) is 9.31. The van der Waals surface area contributed by atoms with Crippen LogP contribution in [0.3, 0.4) is 0 Å². The summed E-state index contributed by atoms with van der Waals surface area (Å²) < 4.78 is 5.48. The summed E-state index contributed by atoms with van der Waals surface area (Å²) in [7, 11) is 0. The highest BCUT2D eigenvalue weighted by Crippen LogP contribution is 2.26. The van der Waals surface area contributed by atoms with E-state index in [9.17, 15) is 0 Å². The van der Waals surface area contributed by atoms with Gasteiger partial charge in [0.25, 0.3) is 0 Å². The van der Waals surface area contributed by atoms with E-state index in [-0.39, 0.29) is 0 Å². The Balaban J connectivity index is 1.85. The van der Waals surface area contributed by atoms with Crippen molar-refractivity contribution in [1.82, 2.24) is 4.98 Å². The lowest BCUT2D eigenvalue weighted by Gasteiger charge is -2.35. The topological polar surface area (TPSA) is 57.9 Å². The third kappa shape index (κ3) is 2.50. The van der Waals surface area contributed by atoms with Gasteiger partial charge in [-0.15, -0.1) is 0 Å². The number of nitrogens with zero attached hydrogens (tertiary/aromatic N) is 2. The van der Waals surface area contributed by atoms with Crippen LogP contribution < -0.4 is 5.32 Å². The van der Waals surface area contributed by atoms with Gasteiger partial charge in [-0.1, -0.05) is 6.07 Å². The van der Waals surface area contributed by atoms with E-state index in [1.54, 1.807) is 6.07 Å². The van der Waals surface area contributed by atoms with E-state index in [0.29, 0.717) is 17.8 Å². The number of ether oxygens (including phenoxy) is 1. The van der Waals surface area contributed by atoms with Gasteiger partial charge < -0.3 is 10.1 Å². The number of anilines is 1. The first-order valence-corrected chi connectivity index (χ1v) is 5.57. The lowest BCUT2D eigenvalue weighted by Crippen LogP contribution is -2.41. The fraction of sp³-hybridized carbons (Fsp3) is 0.500. The van der Waals surface area contributed by atoms with Crippen molar-refractivity contribution in [2.45, 2.75) is 31.9 Å². The lowest BCUT2D eigenvalue weighted by molar-refractivity contribution is 0.00292. The van der Waals surface area contributed by atoms with Crippen LogP contribution in [-0.2, 0) is 4.74 Å². The second kappa shape index (κ2) is 4.95. The number of aromatic nitrogens is 1. The summed E-state index contributed by atoms with van der Waals surface area (Å²) in [5, 5.41) is 12.0. The van der Waals surface area contributed by atoms with Crippen LogP contribution in [0.25, 0.3) is 0 Å². The molecule has 0 saturated heterocycles. The number of pyridine rings is 1. The Morgan fingerprint density at radius 3 is 3.06 bits per heavy atom. The summed E-state index contributed by atoms with van der Waals surface area (Å²) in [5.41, 5.74) is 0.450. The van der Waals surface area contributed by atoms with Crippen molar-refractivity contribution in [2.75, 3.05) is 11.9 Å². The van der Waals surface area contributed by atoms with Gasteiger partial charge in [0.05, 0.1) is 6.10 Å². The van der Waals surface area contributed by atoms with Gasteiger partial charge in [0.2, 0.25) is 0 Å². The molecule has 1 aliphatic carbocycles. The monoisotopic (exact) mass is 217 g/mol. The SMILES string of the molecule is CCOC1CC(Nc2cccc(C#N)n2)C1. The minimum Gasteiger partial charge on any atom is -0.378 e. The van der Waals surface area contributed by atoms with E-state index in [4.69, 9.17) is 10.00 Å². The van der Waals surface area contributed by atoms with Crippen molar-refractivity contribution in [3.8, 4) is 6.07 Å². The van der Waals surface area contributed by atoms with Crippen molar-refractivity contribution >= 4 is 5.82 Å². The summed E-state index contributed by atoms with van der Waals surface area (Å²) in [4.78, 5) is 4.17. The molecule has 0 aromatic carbocycles. The third-order valence-corrected chi connectivity index (χ3v) is 2.71. The molecule has 2 rings (SSSR count). The summed E-state index contributed by atoms with van der Waals surface area (Å²) in [6.07, 6.45) is 2.43. The number of hydrogen-bond donors (Lipinski definition) is 1. The van der Waals surface area contributed by atoms with Crippen molar-refractivity contribution < 1.29 is 4.74 Å². The first-order valence-electron chi connectivity index (χ1n) is 5.57. The zero-order chi connectivity index (χ0) is 11.4. The predicted molar refractivity (Wildman–Crippen MR) is 61.0 cm³/mol. The molecular formula is C12H15N3O. The second-order valence-electron chi connectivity index (χ2n) is 3.91.